The third-order valence-corrected chi connectivity index (χ3v) is 4.04. The maximum atomic E-state index is 12.6. The van der Waals surface area contributed by atoms with E-state index in [9.17, 15) is 19.5 Å². The number of benzene rings is 2. The van der Waals surface area contributed by atoms with Crippen LogP contribution in [0.25, 0.3) is 10.8 Å². The molecule has 1 amide bonds. The minimum atomic E-state index is -1.27. The number of nitrogens with one attached hydrogen (secondary N) is 1. The van der Waals surface area contributed by atoms with Crippen molar-refractivity contribution in [1.82, 2.24) is 15.2 Å². The van der Waals surface area contributed by atoms with Gasteiger partial charge in [-0.05, 0) is 23.6 Å². The lowest BCUT2D eigenvalue weighted by molar-refractivity contribution is -0.255. The second-order valence-corrected chi connectivity index (χ2v) is 6.03. The second kappa shape index (κ2) is 8.26. The number of hydrogen-bond donors (Lipinski definition) is 1. The normalized spacial score (nSPS) is 11.0. The highest BCUT2D eigenvalue weighted by atomic mass is 16.4. The van der Waals surface area contributed by atoms with E-state index in [0.717, 1.165) is 0 Å². The molecule has 0 fully saturated rings. The Kier molecular flexibility index (Phi) is 5.59. The van der Waals surface area contributed by atoms with Crippen LogP contribution in [0.5, 0.6) is 0 Å². The molecule has 8 nitrogen and oxygen atoms in total. The number of amides is 1. The van der Waals surface area contributed by atoms with Gasteiger partial charge in [0.25, 0.3) is 11.5 Å². The van der Waals surface area contributed by atoms with Crippen LogP contribution in [0.3, 0.4) is 0 Å². The summed E-state index contributed by atoms with van der Waals surface area (Å²) in [5.74, 6) is -1.82. The highest BCUT2D eigenvalue weighted by Gasteiger charge is 2.15. The Morgan fingerprint density at radius 3 is 2.46 bits per heavy atom. The molecule has 0 unspecified atom stereocenters. The number of fused-ring (bicyclic) bond motifs is 1. The van der Waals surface area contributed by atoms with Gasteiger partial charge in [0.05, 0.1) is 17.6 Å². The average molecular weight is 377 g/mol. The molecule has 1 aromatic heterocycles. The fraction of sp³-hybridized carbons (Fsp3) is 0.150. The smallest absolute Gasteiger partial charge is 0.292 e. The molecule has 0 saturated heterocycles. The number of rotatable bonds is 6. The van der Waals surface area contributed by atoms with Gasteiger partial charge in [-0.3, -0.25) is 9.59 Å². The Morgan fingerprint density at radius 2 is 1.82 bits per heavy atom. The van der Waals surface area contributed by atoms with Gasteiger partial charge in [0.1, 0.15) is 0 Å². The first-order valence-corrected chi connectivity index (χ1v) is 8.66. The summed E-state index contributed by atoms with van der Waals surface area (Å²) in [4.78, 5) is 35.8. The van der Waals surface area contributed by atoms with E-state index in [2.05, 4.69) is 15.6 Å². The Balaban J connectivity index is 1.86. The number of carbonyl (C=O) groups excluding carboxylic acids is 2. The van der Waals surface area contributed by atoms with Crippen LogP contribution in [0.4, 0.5) is 0 Å². The largest absolute Gasteiger partial charge is 0.545 e. The Morgan fingerprint density at radius 1 is 1.14 bits per heavy atom. The van der Waals surface area contributed by atoms with Gasteiger partial charge in [0.15, 0.2) is 5.69 Å². The molecule has 0 aliphatic heterocycles. The van der Waals surface area contributed by atoms with Gasteiger partial charge in [-0.2, -0.15) is 10.2 Å². The summed E-state index contributed by atoms with van der Waals surface area (Å²) >= 11 is 0. The van der Waals surface area contributed by atoms with Gasteiger partial charge >= 0.3 is 0 Å². The summed E-state index contributed by atoms with van der Waals surface area (Å²) in [5, 5.41) is 19.7. The van der Waals surface area contributed by atoms with Crippen molar-refractivity contribution in [1.29, 1.82) is 0 Å². The first-order valence-electron chi connectivity index (χ1n) is 8.66. The van der Waals surface area contributed by atoms with E-state index in [0.29, 0.717) is 29.3 Å². The molecule has 0 saturated carbocycles. The van der Waals surface area contributed by atoms with Crippen molar-refractivity contribution < 1.29 is 14.7 Å². The Bertz CT molecular complexity index is 1120. The summed E-state index contributed by atoms with van der Waals surface area (Å²) in [6.07, 6.45) is 2.08. The van der Waals surface area contributed by atoms with E-state index in [-0.39, 0.29) is 16.8 Å². The molecule has 0 radical (unpaired) electrons. The molecule has 3 aromatic rings. The van der Waals surface area contributed by atoms with Crippen LogP contribution < -0.4 is 16.1 Å². The van der Waals surface area contributed by atoms with E-state index in [1.54, 1.807) is 24.3 Å². The van der Waals surface area contributed by atoms with Crippen LogP contribution in [0.2, 0.25) is 0 Å². The summed E-state index contributed by atoms with van der Waals surface area (Å²) in [6, 6.07) is 12.6. The van der Waals surface area contributed by atoms with Crippen molar-refractivity contribution in [3.05, 3.63) is 75.7 Å². The van der Waals surface area contributed by atoms with Gasteiger partial charge in [-0.1, -0.05) is 49.4 Å². The predicted octanol–water partition coefficient (Wildman–Crippen LogP) is 0.934. The molecule has 1 N–H and O–H groups in total. The third kappa shape index (κ3) is 3.96. The molecule has 0 atom stereocenters. The molecule has 0 aliphatic carbocycles. The number of carboxylic acids is 1. The lowest BCUT2D eigenvalue weighted by Gasteiger charge is -2.09. The number of aromatic carboxylic acids is 1. The van der Waals surface area contributed by atoms with Gasteiger partial charge in [-0.25, -0.2) is 10.1 Å². The lowest BCUT2D eigenvalue weighted by atomic mass is 10.1. The Hall–Kier alpha value is -3.81. The first-order chi connectivity index (χ1) is 13.5. The molecule has 142 valence electrons. The van der Waals surface area contributed by atoms with E-state index >= 15 is 0 Å². The first kappa shape index (κ1) is 19.0. The monoisotopic (exact) mass is 377 g/mol. The highest BCUT2D eigenvalue weighted by molar-refractivity contribution is 6.05. The number of hydrazone groups is 1. The van der Waals surface area contributed by atoms with Crippen LogP contribution >= 0.6 is 0 Å². The number of nitrogens with zero attached hydrogens (tertiary/aromatic N) is 3. The fourth-order valence-corrected chi connectivity index (χ4v) is 2.69. The number of aromatic nitrogens is 2. The van der Waals surface area contributed by atoms with Crippen molar-refractivity contribution in [3.8, 4) is 0 Å². The standard InChI is InChI=1S/C20H18N4O4/c1-2-11-24-19(26)16-6-4-3-5-15(16)17(23-24)18(25)22-21-12-13-7-9-14(10-8-13)20(27)28/h3-10,12H,2,11H2,1H3,(H,22,25)(H,27,28)/p-1/b21-12-. The van der Waals surface area contributed by atoms with Crippen molar-refractivity contribution in [2.75, 3.05) is 0 Å². The summed E-state index contributed by atoms with van der Waals surface area (Å²) in [5.41, 5.74) is 2.90. The van der Waals surface area contributed by atoms with Crippen LogP contribution in [-0.4, -0.2) is 27.9 Å². The van der Waals surface area contributed by atoms with Crippen molar-refractivity contribution in [3.63, 3.8) is 0 Å². The molecular weight excluding hydrogens is 360 g/mol. The summed E-state index contributed by atoms with van der Waals surface area (Å²) in [7, 11) is 0. The van der Waals surface area contributed by atoms with E-state index in [1.165, 1.54) is 35.2 Å². The fourth-order valence-electron chi connectivity index (χ4n) is 2.69. The highest BCUT2D eigenvalue weighted by Crippen LogP contribution is 2.13. The zero-order chi connectivity index (χ0) is 20.1. The maximum absolute atomic E-state index is 12.6. The van der Waals surface area contributed by atoms with E-state index < -0.39 is 11.9 Å². The van der Waals surface area contributed by atoms with E-state index in [4.69, 9.17) is 0 Å². The van der Waals surface area contributed by atoms with Gasteiger partial charge < -0.3 is 9.90 Å². The summed E-state index contributed by atoms with van der Waals surface area (Å²) in [6.45, 7) is 2.32. The summed E-state index contributed by atoms with van der Waals surface area (Å²) < 4.78 is 1.28. The topological polar surface area (TPSA) is 116 Å². The second-order valence-electron chi connectivity index (χ2n) is 6.03. The van der Waals surface area contributed by atoms with Crippen molar-refractivity contribution in [2.24, 2.45) is 5.10 Å². The molecule has 2 aromatic carbocycles. The molecule has 0 aliphatic rings. The van der Waals surface area contributed by atoms with Gasteiger partial charge in [0, 0.05) is 11.9 Å². The predicted molar refractivity (Wildman–Crippen MR) is 102 cm³/mol. The minimum absolute atomic E-state index is 0.0510. The molecule has 0 bridgehead atoms. The van der Waals surface area contributed by atoms with Crippen LogP contribution in [0.15, 0.2) is 58.4 Å². The van der Waals surface area contributed by atoms with Gasteiger partial charge in [0.2, 0.25) is 0 Å². The molecule has 8 heteroatoms. The van der Waals surface area contributed by atoms with E-state index in [1.807, 2.05) is 6.92 Å². The van der Waals surface area contributed by atoms with Crippen molar-refractivity contribution >= 4 is 28.9 Å². The molecule has 0 spiro atoms. The zero-order valence-electron chi connectivity index (χ0n) is 15.1. The number of carbonyl (C=O) groups is 2. The number of hydrogen-bond acceptors (Lipinski definition) is 6. The molecule has 3 rings (SSSR count). The Labute approximate surface area is 160 Å². The third-order valence-electron chi connectivity index (χ3n) is 4.04. The zero-order valence-corrected chi connectivity index (χ0v) is 15.1. The number of carboxylic acid groups (broad SMARTS) is 1. The minimum Gasteiger partial charge on any atom is -0.545 e. The lowest BCUT2D eigenvalue weighted by Crippen LogP contribution is -2.29. The quantitative estimate of drug-likeness (QED) is 0.507. The molecular formula is C20H17N4O4-. The van der Waals surface area contributed by atoms with Crippen molar-refractivity contribution in [2.45, 2.75) is 19.9 Å². The molecule has 28 heavy (non-hydrogen) atoms. The van der Waals surface area contributed by atoms with Crippen LogP contribution in [-0.2, 0) is 6.54 Å². The SMILES string of the molecule is CCCn1nc(C(=O)N/N=C\c2ccc(C(=O)[O-])cc2)c2ccccc2c1=O. The molecule has 1 heterocycles. The maximum Gasteiger partial charge on any atom is 0.292 e. The van der Waals surface area contributed by atoms with Gasteiger partial charge in [-0.15, -0.1) is 0 Å². The van der Waals surface area contributed by atoms with Crippen LogP contribution in [0.1, 0.15) is 39.8 Å². The van der Waals surface area contributed by atoms with Crippen LogP contribution in [0, 0.1) is 0 Å². The number of aryl methyl sites for hydroxylation is 1. The average Bonchev–Trinajstić information content (AvgIpc) is 2.70.